The molecule has 0 bridgehead atoms. The van der Waals surface area contributed by atoms with E-state index in [-0.39, 0.29) is 5.91 Å². The lowest BCUT2D eigenvalue weighted by Crippen LogP contribution is -2.43. The first-order chi connectivity index (χ1) is 17.0. The van der Waals surface area contributed by atoms with Crippen LogP contribution in [0.3, 0.4) is 0 Å². The van der Waals surface area contributed by atoms with Gasteiger partial charge in [-0.05, 0) is 41.7 Å². The lowest BCUT2D eigenvalue weighted by Gasteiger charge is -2.38. The van der Waals surface area contributed by atoms with Crippen LogP contribution in [-0.4, -0.2) is 26.1 Å². The number of anilines is 1. The molecule has 1 aliphatic rings. The molecule has 0 aliphatic carbocycles. The van der Waals surface area contributed by atoms with Crippen LogP contribution >= 0.6 is 0 Å². The number of hydrogen-bond donors (Lipinski definition) is 1. The normalized spacial score (nSPS) is 13.7. The van der Waals surface area contributed by atoms with Crippen LogP contribution in [-0.2, 0) is 4.79 Å². The molecule has 0 radical (unpaired) electrons. The zero-order valence-electron chi connectivity index (χ0n) is 20.5. The lowest BCUT2D eigenvalue weighted by molar-refractivity contribution is -0.122. The van der Waals surface area contributed by atoms with Gasteiger partial charge in [0.1, 0.15) is 11.8 Å². The van der Waals surface area contributed by atoms with E-state index in [1.165, 1.54) is 0 Å². The van der Waals surface area contributed by atoms with Crippen molar-refractivity contribution < 1.29 is 9.53 Å². The molecule has 0 spiro atoms. The second-order valence-corrected chi connectivity index (χ2v) is 9.13. The van der Waals surface area contributed by atoms with Crippen LogP contribution < -0.4 is 15.0 Å². The number of rotatable bonds is 8. The van der Waals surface area contributed by atoms with Crippen molar-refractivity contribution in [2.24, 2.45) is 5.92 Å². The van der Waals surface area contributed by atoms with E-state index >= 15 is 0 Å². The molecule has 4 rings (SSSR count). The Hall–Kier alpha value is -4.04. The molecule has 0 fully saturated rings. The van der Waals surface area contributed by atoms with Gasteiger partial charge in [0.05, 0.1) is 25.3 Å². The van der Waals surface area contributed by atoms with Gasteiger partial charge in [-0.15, -0.1) is 0 Å². The fourth-order valence-corrected chi connectivity index (χ4v) is 4.53. The van der Waals surface area contributed by atoms with Crippen molar-refractivity contribution in [3.8, 4) is 11.8 Å². The van der Waals surface area contributed by atoms with Crippen LogP contribution in [0.2, 0.25) is 0 Å². The summed E-state index contributed by atoms with van der Waals surface area (Å²) in [6.07, 6.45) is 0.902. The highest BCUT2D eigenvalue weighted by molar-refractivity contribution is 5.95. The summed E-state index contributed by atoms with van der Waals surface area (Å²) in [5.74, 6) is 1.15. The largest absolute Gasteiger partial charge is 0.497 e. The van der Waals surface area contributed by atoms with E-state index in [0.29, 0.717) is 24.6 Å². The summed E-state index contributed by atoms with van der Waals surface area (Å²) in [6, 6.07) is 27.4. The van der Waals surface area contributed by atoms with Crippen molar-refractivity contribution in [1.82, 2.24) is 5.32 Å². The number of nitrogens with one attached hydrogen (secondary N) is 1. The molecule has 0 aromatic heterocycles. The molecule has 0 saturated carbocycles. The topological polar surface area (TPSA) is 65.4 Å². The number of ether oxygens (including phenoxy) is 1. The smallest absolute Gasteiger partial charge is 0.247 e. The van der Waals surface area contributed by atoms with Gasteiger partial charge >= 0.3 is 0 Å². The third-order valence-electron chi connectivity index (χ3n) is 6.32. The lowest BCUT2D eigenvalue weighted by atomic mass is 9.87. The van der Waals surface area contributed by atoms with E-state index < -0.39 is 6.04 Å². The van der Waals surface area contributed by atoms with Gasteiger partial charge in [-0.1, -0.05) is 74.5 Å². The predicted octanol–water partition coefficient (Wildman–Crippen LogP) is 5.74. The van der Waals surface area contributed by atoms with E-state index in [2.05, 4.69) is 25.2 Å². The quantitative estimate of drug-likeness (QED) is 0.460. The molecule has 35 heavy (non-hydrogen) atoms. The molecule has 1 aliphatic heterocycles. The van der Waals surface area contributed by atoms with Gasteiger partial charge in [-0.3, -0.25) is 4.79 Å². The van der Waals surface area contributed by atoms with Crippen LogP contribution in [0.25, 0.3) is 5.57 Å². The molecule has 178 valence electrons. The fourth-order valence-electron chi connectivity index (χ4n) is 4.53. The number of nitrogens with zero attached hydrogens (tertiary/aromatic N) is 2. The Morgan fingerprint density at radius 2 is 1.71 bits per heavy atom. The fraction of sp³-hybridized carbons (Fsp3) is 0.267. The molecule has 3 aromatic carbocycles. The van der Waals surface area contributed by atoms with Gasteiger partial charge in [0.15, 0.2) is 0 Å². The molecule has 1 unspecified atom stereocenters. The number of fused-ring (bicyclic) bond motifs is 1. The number of carbonyl (C=O) groups excluding carboxylic acids is 1. The molecular weight excluding hydrogens is 434 g/mol. The molecule has 1 atom stereocenters. The van der Waals surface area contributed by atoms with Gasteiger partial charge in [-0.25, -0.2) is 0 Å². The number of carbonyl (C=O) groups is 1. The van der Waals surface area contributed by atoms with E-state index in [9.17, 15) is 10.1 Å². The number of nitriles is 1. The van der Waals surface area contributed by atoms with Gasteiger partial charge in [-0.2, -0.15) is 5.26 Å². The summed E-state index contributed by atoms with van der Waals surface area (Å²) in [5, 5.41) is 13.3. The number of benzene rings is 3. The van der Waals surface area contributed by atoms with Crippen LogP contribution in [0.4, 0.5) is 5.69 Å². The summed E-state index contributed by atoms with van der Waals surface area (Å²) >= 11 is 0. The highest BCUT2D eigenvalue weighted by Crippen LogP contribution is 2.42. The Morgan fingerprint density at radius 3 is 2.37 bits per heavy atom. The maximum atomic E-state index is 13.7. The summed E-state index contributed by atoms with van der Waals surface area (Å²) in [5.41, 5.74) is 5.30. The van der Waals surface area contributed by atoms with Gasteiger partial charge in [0, 0.05) is 23.4 Å². The van der Waals surface area contributed by atoms with Crippen LogP contribution in [0.15, 0.2) is 84.4 Å². The van der Waals surface area contributed by atoms with Crippen molar-refractivity contribution in [3.05, 3.63) is 101 Å². The zero-order valence-corrected chi connectivity index (χ0v) is 20.5. The molecule has 0 saturated heterocycles. The Kier molecular flexibility index (Phi) is 7.52. The highest BCUT2D eigenvalue weighted by atomic mass is 16.5. The monoisotopic (exact) mass is 465 g/mol. The van der Waals surface area contributed by atoms with Crippen molar-refractivity contribution in [3.63, 3.8) is 0 Å². The Balaban J connectivity index is 1.80. The first-order valence-electron chi connectivity index (χ1n) is 12.0. The Bertz CT molecular complexity index is 1240. The van der Waals surface area contributed by atoms with Crippen LogP contribution in [0, 0.1) is 17.2 Å². The summed E-state index contributed by atoms with van der Waals surface area (Å²) in [4.78, 5) is 15.7. The van der Waals surface area contributed by atoms with E-state index in [0.717, 1.165) is 40.1 Å². The maximum Gasteiger partial charge on any atom is 0.247 e. The van der Waals surface area contributed by atoms with Crippen molar-refractivity contribution in [2.45, 2.75) is 26.3 Å². The molecule has 1 heterocycles. The first kappa shape index (κ1) is 24.1. The summed E-state index contributed by atoms with van der Waals surface area (Å²) in [7, 11) is 1.63. The third kappa shape index (κ3) is 5.22. The first-order valence-corrected chi connectivity index (χ1v) is 12.0. The molecule has 1 amide bonds. The Morgan fingerprint density at radius 1 is 1.03 bits per heavy atom. The Labute approximate surface area is 207 Å². The number of hydrogen-bond acceptors (Lipinski definition) is 4. The maximum absolute atomic E-state index is 13.7. The van der Waals surface area contributed by atoms with Crippen molar-refractivity contribution in [1.29, 1.82) is 5.26 Å². The summed E-state index contributed by atoms with van der Waals surface area (Å²) < 4.78 is 5.34. The van der Waals surface area contributed by atoms with Crippen molar-refractivity contribution >= 4 is 17.2 Å². The number of methoxy groups -OCH3 is 1. The van der Waals surface area contributed by atoms with Gasteiger partial charge < -0.3 is 15.0 Å². The van der Waals surface area contributed by atoms with E-state index in [1.807, 2.05) is 83.8 Å². The van der Waals surface area contributed by atoms with E-state index in [4.69, 9.17) is 4.74 Å². The minimum atomic E-state index is -0.588. The number of amides is 1. The molecule has 5 heteroatoms. The second kappa shape index (κ2) is 10.9. The van der Waals surface area contributed by atoms with Crippen LogP contribution in [0.1, 0.15) is 43.0 Å². The molecular formula is C30H31N3O2. The van der Waals surface area contributed by atoms with Crippen LogP contribution in [0.5, 0.6) is 5.75 Å². The predicted molar refractivity (Wildman–Crippen MR) is 140 cm³/mol. The standard InChI is InChI=1S/C30H31N3O2/c1-21(2)17-18-32-30(34)29(23-13-15-25(35-3)16-14-23)33-20-24(19-31)28(22-9-5-4-6-10-22)26-11-7-8-12-27(26)33/h4-16,21,29H,17-18,20H2,1-3H3,(H,32,34). The molecule has 1 N–H and O–H groups in total. The highest BCUT2D eigenvalue weighted by Gasteiger charge is 2.34. The van der Waals surface area contributed by atoms with Crippen molar-refractivity contribution in [2.75, 3.05) is 25.1 Å². The zero-order chi connectivity index (χ0) is 24.8. The van der Waals surface area contributed by atoms with E-state index in [1.54, 1.807) is 7.11 Å². The average Bonchev–Trinajstić information content (AvgIpc) is 2.89. The van der Waals surface area contributed by atoms with Gasteiger partial charge in [0.2, 0.25) is 5.91 Å². The second-order valence-electron chi connectivity index (χ2n) is 9.13. The van der Waals surface area contributed by atoms with Gasteiger partial charge in [0.25, 0.3) is 0 Å². The average molecular weight is 466 g/mol. The summed E-state index contributed by atoms with van der Waals surface area (Å²) in [6.45, 7) is 5.23. The molecule has 5 nitrogen and oxygen atoms in total. The number of para-hydroxylation sites is 1. The minimum Gasteiger partial charge on any atom is -0.497 e. The third-order valence-corrected chi connectivity index (χ3v) is 6.32. The SMILES string of the molecule is COc1ccc(C(C(=O)NCCC(C)C)N2CC(C#N)=C(c3ccccc3)c3ccccc32)cc1. The molecule has 3 aromatic rings. The minimum absolute atomic E-state index is 0.0777.